The van der Waals surface area contributed by atoms with Crippen LogP contribution in [0.25, 0.3) is 0 Å². The molecule has 0 spiro atoms. The second-order valence-electron chi connectivity index (χ2n) is 7.44. The minimum atomic E-state index is -0.529. The molecule has 0 unspecified atom stereocenters. The van der Waals surface area contributed by atoms with E-state index in [0.717, 1.165) is 11.3 Å². The molecule has 29 heavy (non-hydrogen) atoms. The average Bonchev–Trinajstić information content (AvgIpc) is 2.94. The van der Waals surface area contributed by atoms with Gasteiger partial charge < -0.3 is 5.32 Å². The molecule has 1 atom stereocenters. The van der Waals surface area contributed by atoms with E-state index in [1.54, 1.807) is 4.90 Å². The second-order valence-corrected chi connectivity index (χ2v) is 8.61. The number of aryl methyl sites for hydroxylation is 1. The maximum atomic E-state index is 13.0. The van der Waals surface area contributed by atoms with E-state index in [-0.39, 0.29) is 30.0 Å². The number of benzene rings is 2. The Bertz CT molecular complexity index is 911. The van der Waals surface area contributed by atoms with Crippen molar-refractivity contribution in [3.05, 3.63) is 59.9 Å². The van der Waals surface area contributed by atoms with Crippen molar-refractivity contribution < 1.29 is 14.0 Å². The smallest absolute Gasteiger partial charge is 0.242 e. The van der Waals surface area contributed by atoms with Crippen molar-refractivity contribution in [2.24, 2.45) is 10.9 Å². The summed E-state index contributed by atoms with van der Waals surface area (Å²) >= 11 is 1.31. The number of hydrogen-bond acceptors (Lipinski definition) is 4. The molecule has 1 aliphatic rings. The van der Waals surface area contributed by atoms with Crippen molar-refractivity contribution in [1.29, 1.82) is 0 Å². The number of nitrogens with one attached hydrogen (secondary N) is 1. The van der Waals surface area contributed by atoms with Crippen LogP contribution in [0.2, 0.25) is 0 Å². The van der Waals surface area contributed by atoms with Crippen LogP contribution in [0.1, 0.15) is 25.8 Å². The Labute approximate surface area is 174 Å². The lowest BCUT2D eigenvalue weighted by atomic mass is 10.2. The number of carbonyl (C=O) groups excluding carboxylic acids is 2. The highest BCUT2D eigenvalue weighted by Crippen LogP contribution is 2.32. The molecule has 5 nitrogen and oxygen atoms in total. The second kappa shape index (κ2) is 9.22. The van der Waals surface area contributed by atoms with E-state index >= 15 is 0 Å². The summed E-state index contributed by atoms with van der Waals surface area (Å²) in [4.78, 5) is 31.6. The van der Waals surface area contributed by atoms with Gasteiger partial charge in [0.25, 0.3) is 0 Å². The van der Waals surface area contributed by atoms with Gasteiger partial charge in [0, 0.05) is 18.7 Å². The normalized spacial score (nSPS) is 18.0. The monoisotopic (exact) mass is 413 g/mol. The average molecular weight is 414 g/mol. The lowest BCUT2D eigenvalue weighted by Gasteiger charge is -2.18. The SMILES string of the molecule is Cc1ccc(N=C2S[C@H](CC(=O)Nc3ccc(F)cc3)C(=O)N2CC(C)C)cc1. The molecule has 0 aliphatic carbocycles. The molecule has 2 aromatic rings. The Kier molecular flexibility index (Phi) is 6.69. The van der Waals surface area contributed by atoms with Crippen molar-refractivity contribution in [1.82, 2.24) is 4.90 Å². The Hall–Kier alpha value is -2.67. The van der Waals surface area contributed by atoms with E-state index in [4.69, 9.17) is 0 Å². The number of carbonyl (C=O) groups is 2. The molecular formula is C22H24FN3O2S. The fourth-order valence-corrected chi connectivity index (χ4v) is 4.07. The molecule has 1 saturated heterocycles. The van der Waals surface area contributed by atoms with Gasteiger partial charge in [-0.15, -0.1) is 0 Å². The molecule has 0 radical (unpaired) electrons. The van der Waals surface area contributed by atoms with Crippen molar-refractivity contribution in [3.8, 4) is 0 Å². The number of nitrogens with zero attached hydrogens (tertiary/aromatic N) is 2. The number of anilines is 1. The molecule has 1 fully saturated rings. The Balaban J connectivity index is 1.73. The molecule has 1 N–H and O–H groups in total. The predicted molar refractivity (Wildman–Crippen MR) is 116 cm³/mol. The number of halogens is 1. The van der Waals surface area contributed by atoms with Crippen LogP contribution >= 0.6 is 11.8 Å². The molecule has 2 amide bonds. The summed E-state index contributed by atoms with van der Waals surface area (Å²) in [5.74, 6) is -0.493. The van der Waals surface area contributed by atoms with Gasteiger partial charge in [0.05, 0.1) is 5.69 Å². The third-order valence-electron chi connectivity index (χ3n) is 4.33. The van der Waals surface area contributed by atoms with Crippen LogP contribution in [0.4, 0.5) is 15.8 Å². The van der Waals surface area contributed by atoms with Crippen LogP contribution < -0.4 is 5.32 Å². The highest BCUT2D eigenvalue weighted by atomic mass is 32.2. The van der Waals surface area contributed by atoms with Gasteiger partial charge in [-0.3, -0.25) is 14.5 Å². The minimum absolute atomic E-state index is 0.0301. The first-order valence-corrected chi connectivity index (χ1v) is 10.4. The summed E-state index contributed by atoms with van der Waals surface area (Å²) in [5.41, 5.74) is 2.41. The van der Waals surface area contributed by atoms with Crippen LogP contribution in [0.5, 0.6) is 0 Å². The molecule has 1 heterocycles. The maximum absolute atomic E-state index is 13.0. The van der Waals surface area contributed by atoms with Gasteiger partial charge in [0.15, 0.2) is 5.17 Å². The van der Waals surface area contributed by atoms with E-state index in [1.807, 2.05) is 45.0 Å². The molecule has 0 bridgehead atoms. The van der Waals surface area contributed by atoms with Crippen molar-refractivity contribution >= 4 is 40.1 Å². The maximum Gasteiger partial charge on any atom is 0.242 e. The first kappa shape index (κ1) is 21.0. The highest BCUT2D eigenvalue weighted by molar-refractivity contribution is 8.15. The van der Waals surface area contributed by atoms with Crippen LogP contribution in [0, 0.1) is 18.7 Å². The Morgan fingerprint density at radius 2 is 1.83 bits per heavy atom. The van der Waals surface area contributed by atoms with Gasteiger partial charge in [0.1, 0.15) is 11.1 Å². The van der Waals surface area contributed by atoms with Crippen molar-refractivity contribution in [3.63, 3.8) is 0 Å². The van der Waals surface area contributed by atoms with Gasteiger partial charge in [-0.1, -0.05) is 43.3 Å². The third-order valence-corrected chi connectivity index (χ3v) is 5.50. The molecule has 7 heteroatoms. The quantitative estimate of drug-likeness (QED) is 0.743. The number of rotatable bonds is 6. The Morgan fingerprint density at radius 1 is 1.17 bits per heavy atom. The number of amides is 2. The standard InChI is InChI=1S/C22H24FN3O2S/c1-14(2)13-26-21(28)19(12-20(27)24-17-10-6-16(23)7-11-17)29-22(26)25-18-8-4-15(3)5-9-18/h4-11,14,19H,12-13H2,1-3H3,(H,24,27)/t19-/m1/s1. The van der Waals surface area contributed by atoms with E-state index < -0.39 is 5.25 Å². The fourth-order valence-electron chi connectivity index (χ4n) is 2.90. The number of hydrogen-bond donors (Lipinski definition) is 1. The Morgan fingerprint density at radius 3 is 2.45 bits per heavy atom. The molecule has 2 aromatic carbocycles. The predicted octanol–water partition coefficient (Wildman–Crippen LogP) is 4.75. The van der Waals surface area contributed by atoms with E-state index in [9.17, 15) is 14.0 Å². The summed E-state index contributed by atoms with van der Waals surface area (Å²) < 4.78 is 13.0. The minimum Gasteiger partial charge on any atom is -0.326 e. The van der Waals surface area contributed by atoms with Crippen molar-refractivity contribution in [2.45, 2.75) is 32.4 Å². The van der Waals surface area contributed by atoms with Gasteiger partial charge in [-0.2, -0.15) is 0 Å². The van der Waals surface area contributed by atoms with E-state index in [1.165, 1.54) is 36.0 Å². The van der Waals surface area contributed by atoms with Crippen LogP contribution in [-0.4, -0.2) is 33.7 Å². The third kappa shape index (κ3) is 5.67. The van der Waals surface area contributed by atoms with Gasteiger partial charge in [-0.25, -0.2) is 9.38 Å². The first-order chi connectivity index (χ1) is 13.8. The van der Waals surface area contributed by atoms with Gasteiger partial charge >= 0.3 is 0 Å². The molecule has 0 saturated carbocycles. The van der Waals surface area contributed by atoms with Crippen molar-refractivity contribution in [2.75, 3.05) is 11.9 Å². The lowest BCUT2D eigenvalue weighted by Crippen LogP contribution is -2.36. The lowest BCUT2D eigenvalue weighted by molar-refractivity contribution is -0.128. The molecule has 1 aliphatic heterocycles. The molecule has 0 aromatic heterocycles. The summed E-state index contributed by atoms with van der Waals surface area (Å²) in [7, 11) is 0. The van der Waals surface area contributed by atoms with Crippen LogP contribution in [0.3, 0.4) is 0 Å². The highest BCUT2D eigenvalue weighted by Gasteiger charge is 2.39. The summed E-state index contributed by atoms with van der Waals surface area (Å²) in [6, 6.07) is 13.3. The molecule has 3 rings (SSSR count). The number of aliphatic imine (C=N–C) groups is 1. The fraction of sp³-hybridized carbons (Fsp3) is 0.318. The van der Waals surface area contributed by atoms with Crippen LogP contribution in [-0.2, 0) is 9.59 Å². The zero-order chi connectivity index (χ0) is 21.0. The largest absolute Gasteiger partial charge is 0.326 e. The van der Waals surface area contributed by atoms with E-state index in [2.05, 4.69) is 10.3 Å². The zero-order valence-electron chi connectivity index (χ0n) is 16.7. The molecule has 152 valence electrons. The number of amidine groups is 1. The summed E-state index contributed by atoms with van der Waals surface area (Å²) in [5, 5.41) is 2.80. The number of thioether (sulfide) groups is 1. The summed E-state index contributed by atoms with van der Waals surface area (Å²) in [6.07, 6.45) is 0.0301. The first-order valence-electron chi connectivity index (χ1n) is 9.50. The van der Waals surface area contributed by atoms with E-state index in [0.29, 0.717) is 17.4 Å². The van der Waals surface area contributed by atoms with Gasteiger partial charge in [-0.05, 0) is 49.2 Å². The van der Waals surface area contributed by atoms with Gasteiger partial charge in [0.2, 0.25) is 11.8 Å². The zero-order valence-corrected chi connectivity index (χ0v) is 17.5. The van der Waals surface area contributed by atoms with Crippen LogP contribution in [0.15, 0.2) is 53.5 Å². The summed E-state index contributed by atoms with van der Waals surface area (Å²) in [6.45, 7) is 6.63. The molecular weight excluding hydrogens is 389 g/mol. The topological polar surface area (TPSA) is 61.8 Å².